The molecule has 146 valence electrons. The number of hydrogen-bond acceptors (Lipinski definition) is 5. The maximum absolute atomic E-state index is 12.5. The number of Topliss-reactive ketones (excluding diaryl/α,β-unsaturated/α-hetero) is 1. The first-order valence-electron chi connectivity index (χ1n) is 8.77. The first kappa shape index (κ1) is 21.3. The number of thiophene rings is 1. The molecule has 2 aromatic rings. The highest BCUT2D eigenvalue weighted by Crippen LogP contribution is 2.18. The zero-order valence-corrected chi connectivity index (χ0v) is 17.3. The van der Waals surface area contributed by atoms with Gasteiger partial charge in [-0.2, -0.15) is 4.31 Å². The van der Waals surface area contributed by atoms with Gasteiger partial charge in [0.15, 0.2) is 5.78 Å². The summed E-state index contributed by atoms with van der Waals surface area (Å²) in [5.41, 5.74) is 0.407. The second-order valence-electron chi connectivity index (χ2n) is 5.94. The van der Waals surface area contributed by atoms with Crippen LogP contribution in [-0.2, 0) is 16.4 Å². The quantitative estimate of drug-likeness (QED) is 0.647. The van der Waals surface area contributed by atoms with Gasteiger partial charge in [-0.3, -0.25) is 9.59 Å². The van der Waals surface area contributed by atoms with E-state index in [4.69, 9.17) is 0 Å². The normalized spacial score (nSPS) is 11.6. The van der Waals surface area contributed by atoms with Crippen LogP contribution in [0.15, 0.2) is 41.3 Å². The van der Waals surface area contributed by atoms with Crippen LogP contribution in [0.25, 0.3) is 0 Å². The lowest BCUT2D eigenvalue weighted by atomic mass is 10.2. The number of amides is 1. The van der Waals surface area contributed by atoms with E-state index in [1.165, 1.54) is 46.8 Å². The molecule has 1 heterocycles. The van der Waals surface area contributed by atoms with Crippen molar-refractivity contribution in [2.45, 2.75) is 32.1 Å². The molecule has 0 radical (unpaired) electrons. The monoisotopic (exact) mass is 408 g/mol. The molecule has 0 aliphatic carbocycles. The lowest BCUT2D eigenvalue weighted by molar-refractivity contribution is 0.0953. The first-order valence-corrected chi connectivity index (χ1v) is 11.0. The molecule has 1 aromatic heterocycles. The van der Waals surface area contributed by atoms with Gasteiger partial charge in [0, 0.05) is 30.1 Å². The zero-order chi connectivity index (χ0) is 20.0. The van der Waals surface area contributed by atoms with E-state index in [-0.39, 0.29) is 16.6 Å². The van der Waals surface area contributed by atoms with Gasteiger partial charge in [0.05, 0.1) is 9.77 Å². The van der Waals surface area contributed by atoms with Crippen molar-refractivity contribution in [2.75, 3.05) is 19.6 Å². The van der Waals surface area contributed by atoms with Gasteiger partial charge in [-0.25, -0.2) is 8.42 Å². The average molecular weight is 409 g/mol. The van der Waals surface area contributed by atoms with Gasteiger partial charge < -0.3 is 5.32 Å². The summed E-state index contributed by atoms with van der Waals surface area (Å²) in [6, 6.07) is 9.64. The Bertz CT molecular complexity index is 898. The Morgan fingerprint density at radius 2 is 1.67 bits per heavy atom. The molecule has 0 spiro atoms. The van der Waals surface area contributed by atoms with E-state index >= 15 is 0 Å². The van der Waals surface area contributed by atoms with E-state index in [9.17, 15) is 18.0 Å². The van der Waals surface area contributed by atoms with Crippen LogP contribution in [0.4, 0.5) is 0 Å². The number of carbonyl (C=O) groups is 2. The molecule has 0 atom stereocenters. The van der Waals surface area contributed by atoms with E-state index in [2.05, 4.69) is 5.32 Å². The van der Waals surface area contributed by atoms with Gasteiger partial charge in [-0.15, -0.1) is 11.3 Å². The van der Waals surface area contributed by atoms with Crippen molar-refractivity contribution in [1.29, 1.82) is 0 Å². The minimum Gasteiger partial charge on any atom is -0.352 e. The molecule has 0 saturated heterocycles. The maximum atomic E-state index is 12.5. The molecule has 1 amide bonds. The highest BCUT2D eigenvalue weighted by atomic mass is 32.2. The molecule has 2 rings (SSSR count). The van der Waals surface area contributed by atoms with Crippen molar-refractivity contribution >= 4 is 33.1 Å². The third-order valence-corrected chi connectivity index (χ3v) is 7.44. The third kappa shape index (κ3) is 5.24. The number of ketones is 1. The fourth-order valence-electron chi connectivity index (χ4n) is 2.59. The van der Waals surface area contributed by atoms with Crippen molar-refractivity contribution in [3.8, 4) is 0 Å². The van der Waals surface area contributed by atoms with Crippen molar-refractivity contribution < 1.29 is 18.0 Å². The fourth-order valence-corrected chi connectivity index (χ4v) is 4.95. The van der Waals surface area contributed by atoms with E-state index < -0.39 is 10.0 Å². The van der Waals surface area contributed by atoms with Gasteiger partial charge in [0.25, 0.3) is 5.91 Å². The predicted octanol–water partition coefficient (Wildman–Crippen LogP) is 2.95. The molecule has 0 bridgehead atoms. The number of carbonyl (C=O) groups excluding carboxylic acids is 2. The van der Waals surface area contributed by atoms with Crippen LogP contribution in [0.5, 0.6) is 0 Å². The second-order valence-corrected chi connectivity index (χ2v) is 9.05. The molecule has 0 aliphatic heterocycles. The van der Waals surface area contributed by atoms with E-state index in [0.717, 1.165) is 4.88 Å². The van der Waals surface area contributed by atoms with E-state index in [1.54, 1.807) is 19.9 Å². The summed E-state index contributed by atoms with van der Waals surface area (Å²) in [5.74, 6) is -0.222. The summed E-state index contributed by atoms with van der Waals surface area (Å²) >= 11 is 1.43. The highest BCUT2D eigenvalue weighted by molar-refractivity contribution is 7.89. The van der Waals surface area contributed by atoms with Crippen molar-refractivity contribution in [1.82, 2.24) is 9.62 Å². The van der Waals surface area contributed by atoms with Crippen LogP contribution in [-0.4, -0.2) is 44.0 Å². The van der Waals surface area contributed by atoms with Crippen LogP contribution in [0.2, 0.25) is 0 Å². The molecule has 0 fully saturated rings. The molecule has 27 heavy (non-hydrogen) atoms. The molecule has 1 N–H and O–H groups in total. The maximum Gasteiger partial charge on any atom is 0.251 e. The van der Waals surface area contributed by atoms with Crippen LogP contribution < -0.4 is 5.32 Å². The number of rotatable bonds is 9. The Morgan fingerprint density at radius 1 is 1.04 bits per heavy atom. The van der Waals surface area contributed by atoms with Gasteiger partial charge in [0.1, 0.15) is 0 Å². The fraction of sp³-hybridized carbons (Fsp3) is 0.368. The van der Waals surface area contributed by atoms with Crippen LogP contribution in [0, 0.1) is 0 Å². The molecule has 0 unspecified atom stereocenters. The number of hydrogen-bond donors (Lipinski definition) is 1. The lowest BCUT2D eigenvalue weighted by Crippen LogP contribution is -2.30. The van der Waals surface area contributed by atoms with Gasteiger partial charge >= 0.3 is 0 Å². The summed E-state index contributed by atoms with van der Waals surface area (Å²) in [6.07, 6.45) is 0.637. The molecular weight excluding hydrogens is 384 g/mol. The number of sulfonamides is 1. The average Bonchev–Trinajstić information content (AvgIpc) is 3.12. The van der Waals surface area contributed by atoms with Crippen molar-refractivity contribution in [3.05, 3.63) is 51.7 Å². The Morgan fingerprint density at radius 3 is 2.19 bits per heavy atom. The third-order valence-electron chi connectivity index (χ3n) is 4.13. The smallest absolute Gasteiger partial charge is 0.251 e. The van der Waals surface area contributed by atoms with Gasteiger partial charge in [-0.05, 0) is 49.7 Å². The molecular formula is C19H24N2O4S2. The molecule has 8 heteroatoms. The number of nitrogens with one attached hydrogen (secondary N) is 1. The second kappa shape index (κ2) is 9.25. The highest BCUT2D eigenvalue weighted by Gasteiger charge is 2.21. The molecule has 0 saturated carbocycles. The standard InChI is InChI=1S/C19H24N2O4S2/c1-4-21(5-2)27(24,25)17-9-6-15(7-10-17)19(23)20-13-12-16-8-11-18(26-16)14(3)22/h6-11H,4-5,12-13H2,1-3H3,(H,20,23). The van der Waals surface area contributed by atoms with Crippen LogP contribution in [0.3, 0.4) is 0 Å². The summed E-state index contributed by atoms with van der Waals surface area (Å²) in [5, 5.41) is 2.81. The van der Waals surface area contributed by atoms with Gasteiger partial charge in [-0.1, -0.05) is 13.8 Å². The summed E-state index contributed by atoms with van der Waals surface area (Å²) in [4.78, 5) is 25.5. The first-order chi connectivity index (χ1) is 12.8. The Balaban J connectivity index is 1.96. The molecule has 0 aliphatic rings. The number of benzene rings is 1. The Kier molecular flexibility index (Phi) is 7.29. The van der Waals surface area contributed by atoms with E-state index in [0.29, 0.717) is 36.5 Å². The van der Waals surface area contributed by atoms with Crippen molar-refractivity contribution in [2.24, 2.45) is 0 Å². The molecule has 1 aromatic carbocycles. The van der Waals surface area contributed by atoms with Crippen LogP contribution in [0.1, 0.15) is 45.7 Å². The Labute approximate surface area is 164 Å². The SMILES string of the molecule is CCN(CC)S(=O)(=O)c1ccc(C(=O)NCCc2ccc(C(C)=O)s2)cc1. The van der Waals surface area contributed by atoms with Crippen LogP contribution >= 0.6 is 11.3 Å². The number of nitrogens with zero attached hydrogens (tertiary/aromatic N) is 1. The summed E-state index contributed by atoms with van der Waals surface area (Å²) < 4.78 is 26.3. The minimum atomic E-state index is -3.53. The minimum absolute atomic E-state index is 0.0371. The predicted molar refractivity (Wildman–Crippen MR) is 107 cm³/mol. The largest absolute Gasteiger partial charge is 0.352 e. The van der Waals surface area contributed by atoms with Crippen molar-refractivity contribution in [3.63, 3.8) is 0 Å². The Hall–Kier alpha value is -2.03. The lowest BCUT2D eigenvalue weighted by Gasteiger charge is -2.18. The van der Waals surface area contributed by atoms with E-state index in [1.807, 2.05) is 6.07 Å². The summed E-state index contributed by atoms with van der Waals surface area (Å²) in [7, 11) is -3.53. The molecule has 6 nitrogen and oxygen atoms in total. The zero-order valence-electron chi connectivity index (χ0n) is 15.7. The summed E-state index contributed by atoms with van der Waals surface area (Å²) in [6.45, 7) is 6.34. The topological polar surface area (TPSA) is 83.6 Å². The van der Waals surface area contributed by atoms with Gasteiger partial charge in [0.2, 0.25) is 10.0 Å².